The minimum atomic E-state index is -0.577. The van der Waals surface area contributed by atoms with E-state index in [9.17, 15) is 4.79 Å². The molecule has 1 heterocycles. The molecule has 5 nitrogen and oxygen atoms in total. The number of piperidine rings is 1. The number of para-hydroxylation sites is 1. The molecule has 0 radical (unpaired) electrons. The van der Waals surface area contributed by atoms with Gasteiger partial charge in [-0.05, 0) is 25.0 Å². The third-order valence-electron chi connectivity index (χ3n) is 3.65. The number of ether oxygens (including phenoxy) is 1. The molecule has 0 saturated carbocycles. The number of carbonyl (C=O) groups is 1. The van der Waals surface area contributed by atoms with Gasteiger partial charge < -0.3 is 20.7 Å². The molecular formula is C15H23N3O2. The fraction of sp³-hybridized carbons (Fsp3) is 0.533. The topological polar surface area (TPSA) is 67.6 Å². The number of hydrogen-bond acceptors (Lipinski definition) is 4. The van der Waals surface area contributed by atoms with Gasteiger partial charge in [-0.1, -0.05) is 18.2 Å². The molecule has 1 aromatic rings. The maximum Gasteiger partial charge on any atom is 0.239 e. The van der Waals surface area contributed by atoms with Crippen LogP contribution in [0.2, 0.25) is 0 Å². The highest BCUT2D eigenvalue weighted by molar-refractivity contribution is 5.81. The van der Waals surface area contributed by atoms with Crippen LogP contribution in [0, 0.1) is 0 Å². The van der Waals surface area contributed by atoms with E-state index in [0.29, 0.717) is 0 Å². The van der Waals surface area contributed by atoms with Gasteiger partial charge in [0.2, 0.25) is 5.91 Å². The number of amides is 1. The number of carbonyl (C=O) groups excluding carboxylic acids is 1. The SMILES string of the molecule is COCC(N)C(=O)NC1CCN(c2ccccc2)CC1. The second-order valence-corrected chi connectivity index (χ2v) is 5.17. The predicted molar refractivity (Wildman–Crippen MR) is 79.7 cm³/mol. The molecule has 3 N–H and O–H groups in total. The summed E-state index contributed by atoms with van der Waals surface area (Å²) in [7, 11) is 1.55. The van der Waals surface area contributed by atoms with Crippen molar-refractivity contribution in [2.24, 2.45) is 5.73 Å². The molecule has 1 amide bonds. The molecule has 1 aliphatic rings. The van der Waals surface area contributed by atoms with Crippen LogP contribution >= 0.6 is 0 Å². The van der Waals surface area contributed by atoms with Gasteiger partial charge in [0.25, 0.3) is 0 Å². The average molecular weight is 277 g/mol. The standard InChI is InChI=1S/C15H23N3O2/c1-20-11-14(16)15(19)17-12-7-9-18(10-8-12)13-5-3-2-4-6-13/h2-6,12,14H,7-11,16H2,1H3,(H,17,19). The van der Waals surface area contributed by atoms with Crippen molar-refractivity contribution in [2.75, 3.05) is 31.7 Å². The molecule has 1 aromatic carbocycles. The molecule has 20 heavy (non-hydrogen) atoms. The molecule has 0 bridgehead atoms. The van der Waals surface area contributed by atoms with Crippen LogP contribution in [0.25, 0.3) is 0 Å². The highest BCUT2D eigenvalue weighted by atomic mass is 16.5. The first-order valence-corrected chi connectivity index (χ1v) is 7.05. The lowest BCUT2D eigenvalue weighted by atomic mass is 10.0. The highest BCUT2D eigenvalue weighted by Gasteiger charge is 2.22. The van der Waals surface area contributed by atoms with Crippen LogP contribution in [0.4, 0.5) is 5.69 Å². The number of anilines is 1. The molecule has 0 aliphatic carbocycles. The van der Waals surface area contributed by atoms with Crippen molar-refractivity contribution in [3.63, 3.8) is 0 Å². The zero-order valence-electron chi connectivity index (χ0n) is 11.9. The largest absolute Gasteiger partial charge is 0.383 e. The van der Waals surface area contributed by atoms with Gasteiger partial charge in [0.15, 0.2) is 0 Å². The first-order valence-electron chi connectivity index (χ1n) is 7.05. The Balaban J connectivity index is 1.78. The van der Waals surface area contributed by atoms with Crippen molar-refractivity contribution in [3.05, 3.63) is 30.3 Å². The second kappa shape index (κ2) is 7.26. The molecule has 1 fully saturated rings. The molecule has 1 aliphatic heterocycles. The summed E-state index contributed by atoms with van der Waals surface area (Å²) >= 11 is 0. The Hall–Kier alpha value is -1.59. The van der Waals surface area contributed by atoms with Crippen molar-refractivity contribution in [2.45, 2.75) is 24.9 Å². The summed E-state index contributed by atoms with van der Waals surface area (Å²) in [5, 5.41) is 3.00. The second-order valence-electron chi connectivity index (χ2n) is 5.17. The van der Waals surface area contributed by atoms with Crippen LogP contribution < -0.4 is 16.0 Å². The molecule has 1 atom stereocenters. The van der Waals surface area contributed by atoms with E-state index in [2.05, 4.69) is 22.3 Å². The van der Waals surface area contributed by atoms with Crippen molar-refractivity contribution in [3.8, 4) is 0 Å². The first kappa shape index (κ1) is 14.8. The number of nitrogens with one attached hydrogen (secondary N) is 1. The van der Waals surface area contributed by atoms with Crippen LogP contribution in [0.15, 0.2) is 30.3 Å². The fourth-order valence-corrected chi connectivity index (χ4v) is 2.48. The Bertz CT molecular complexity index is 416. The summed E-state index contributed by atoms with van der Waals surface area (Å²) in [6.45, 7) is 2.16. The van der Waals surface area contributed by atoms with E-state index in [1.165, 1.54) is 5.69 Å². The molecule has 1 unspecified atom stereocenters. The van der Waals surface area contributed by atoms with Gasteiger partial charge in [-0.2, -0.15) is 0 Å². The number of nitrogens with two attached hydrogens (primary N) is 1. The molecule has 110 valence electrons. The van der Waals surface area contributed by atoms with Gasteiger partial charge in [0.1, 0.15) is 6.04 Å². The van der Waals surface area contributed by atoms with Crippen molar-refractivity contribution >= 4 is 11.6 Å². The van der Waals surface area contributed by atoms with Crippen LogP contribution in [-0.4, -0.2) is 44.8 Å². The van der Waals surface area contributed by atoms with E-state index in [4.69, 9.17) is 10.5 Å². The molecule has 2 rings (SSSR count). The lowest BCUT2D eigenvalue weighted by Crippen LogP contribution is -2.50. The van der Waals surface area contributed by atoms with Gasteiger partial charge in [-0.25, -0.2) is 0 Å². The molecular weight excluding hydrogens is 254 g/mol. The first-order chi connectivity index (χ1) is 9.70. The van der Waals surface area contributed by atoms with E-state index in [-0.39, 0.29) is 18.6 Å². The van der Waals surface area contributed by atoms with E-state index >= 15 is 0 Å². The zero-order valence-corrected chi connectivity index (χ0v) is 11.9. The van der Waals surface area contributed by atoms with Crippen molar-refractivity contribution in [1.82, 2.24) is 5.32 Å². The number of methoxy groups -OCH3 is 1. The Morgan fingerprint density at radius 3 is 2.65 bits per heavy atom. The van der Waals surface area contributed by atoms with Gasteiger partial charge in [0.05, 0.1) is 6.61 Å². The Labute approximate surface area is 120 Å². The van der Waals surface area contributed by atoms with Gasteiger partial charge in [-0.15, -0.1) is 0 Å². The monoisotopic (exact) mass is 277 g/mol. The summed E-state index contributed by atoms with van der Waals surface area (Å²) in [6, 6.07) is 9.99. The van der Waals surface area contributed by atoms with Crippen LogP contribution in [0.5, 0.6) is 0 Å². The van der Waals surface area contributed by atoms with Crippen molar-refractivity contribution < 1.29 is 9.53 Å². The highest BCUT2D eigenvalue weighted by Crippen LogP contribution is 2.19. The fourth-order valence-electron chi connectivity index (χ4n) is 2.48. The maximum atomic E-state index is 11.8. The smallest absolute Gasteiger partial charge is 0.239 e. The summed E-state index contributed by atoms with van der Waals surface area (Å²) in [5.41, 5.74) is 6.96. The van der Waals surface area contributed by atoms with Crippen LogP contribution in [-0.2, 0) is 9.53 Å². The van der Waals surface area contributed by atoms with E-state index in [1.54, 1.807) is 7.11 Å². The van der Waals surface area contributed by atoms with E-state index in [1.807, 2.05) is 18.2 Å². The third kappa shape index (κ3) is 3.95. The number of hydrogen-bond donors (Lipinski definition) is 2. The molecule has 0 aromatic heterocycles. The van der Waals surface area contributed by atoms with Crippen LogP contribution in [0.3, 0.4) is 0 Å². The lowest BCUT2D eigenvalue weighted by molar-refractivity contribution is -0.124. The third-order valence-corrected chi connectivity index (χ3v) is 3.65. The van der Waals surface area contributed by atoms with Gasteiger partial charge >= 0.3 is 0 Å². The summed E-state index contributed by atoms with van der Waals surface area (Å²) in [5.74, 6) is -0.120. The molecule has 5 heteroatoms. The van der Waals surface area contributed by atoms with Gasteiger partial charge in [-0.3, -0.25) is 4.79 Å². The van der Waals surface area contributed by atoms with E-state index < -0.39 is 6.04 Å². The summed E-state index contributed by atoms with van der Waals surface area (Å²) in [4.78, 5) is 14.2. The summed E-state index contributed by atoms with van der Waals surface area (Å²) in [6.07, 6.45) is 1.89. The number of rotatable bonds is 5. The van der Waals surface area contributed by atoms with Crippen LogP contribution in [0.1, 0.15) is 12.8 Å². The molecule has 0 spiro atoms. The minimum absolute atomic E-state index is 0.120. The quantitative estimate of drug-likeness (QED) is 0.833. The van der Waals surface area contributed by atoms with E-state index in [0.717, 1.165) is 25.9 Å². The zero-order chi connectivity index (χ0) is 14.4. The van der Waals surface area contributed by atoms with Gasteiger partial charge in [0, 0.05) is 31.9 Å². The summed E-state index contributed by atoms with van der Waals surface area (Å²) < 4.78 is 4.89. The van der Waals surface area contributed by atoms with Crippen molar-refractivity contribution in [1.29, 1.82) is 0 Å². The number of benzene rings is 1. The Morgan fingerprint density at radius 2 is 2.05 bits per heavy atom. The number of nitrogens with zero attached hydrogens (tertiary/aromatic N) is 1. The normalized spacial score (nSPS) is 17.8. The predicted octanol–water partition coefficient (Wildman–Crippen LogP) is 0.745. The Kier molecular flexibility index (Phi) is 5.38. The average Bonchev–Trinajstić information content (AvgIpc) is 2.49. The lowest BCUT2D eigenvalue weighted by Gasteiger charge is -2.34. The molecule has 1 saturated heterocycles. The minimum Gasteiger partial charge on any atom is -0.383 e. The Morgan fingerprint density at radius 1 is 1.40 bits per heavy atom. The maximum absolute atomic E-state index is 11.8.